The second kappa shape index (κ2) is 8.07. The van der Waals surface area contributed by atoms with E-state index in [4.69, 9.17) is 4.74 Å². The Morgan fingerprint density at radius 1 is 1.24 bits per heavy atom. The van der Waals surface area contributed by atoms with Gasteiger partial charge in [-0.2, -0.15) is 5.10 Å². The number of nitrogens with zero attached hydrogens (tertiary/aromatic N) is 4. The summed E-state index contributed by atoms with van der Waals surface area (Å²) in [6.45, 7) is 5.44. The van der Waals surface area contributed by atoms with Crippen LogP contribution < -0.4 is 5.32 Å². The average molecular weight is 463 g/mol. The van der Waals surface area contributed by atoms with Gasteiger partial charge in [-0.3, -0.25) is 9.89 Å². The van der Waals surface area contributed by atoms with Crippen molar-refractivity contribution in [3.8, 4) is 0 Å². The zero-order valence-corrected chi connectivity index (χ0v) is 19.5. The lowest BCUT2D eigenvalue weighted by molar-refractivity contribution is -0.147. The van der Waals surface area contributed by atoms with Crippen molar-refractivity contribution in [2.24, 2.45) is 5.92 Å². The maximum atomic E-state index is 13.3. The first-order chi connectivity index (χ1) is 16.0. The number of hydrogen-bond acceptors (Lipinski definition) is 7. The van der Waals surface area contributed by atoms with E-state index in [2.05, 4.69) is 31.5 Å². The van der Waals surface area contributed by atoms with E-state index < -0.39 is 0 Å². The second-order valence-electron chi connectivity index (χ2n) is 9.14. The van der Waals surface area contributed by atoms with Gasteiger partial charge in [0, 0.05) is 35.0 Å². The minimum atomic E-state index is 0.0240. The first-order valence-electron chi connectivity index (χ1n) is 11.4. The number of ether oxygens (including phenoxy) is 1. The number of carbonyl (C=O) groups excluding carboxylic acids is 1. The van der Waals surface area contributed by atoms with E-state index in [0.29, 0.717) is 13.1 Å². The molecule has 33 heavy (non-hydrogen) atoms. The number of morpholine rings is 1. The molecule has 8 nitrogen and oxygen atoms in total. The van der Waals surface area contributed by atoms with Crippen LogP contribution in [-0.2, 0) is 22.4 Å². The molecule has 2 unspecified atom stereocenters. The summed E-state index contributed by atoms with van der Waals surface area (Å²) in [5.41, 5.74) is 3.25. The van der Waals surface area contributed by atoms with E-state index in [0.717, 1.165) is 51.9 Å². The van der Waals surface area contributed by atoms with Crippen molar-refractivity contribution < 1.29 is 9.53 Å². The van der Waals surface area contributed by atoms with Gasteiger partial charge >= 0.3 is 0 Å². The minimum Gasteiger partial charge on any atom is -0.372 e. The van der Waals surface area contributed by atoms with Crippen molar-refractivity contribution in [2.45, 2.75) is 45.3 Å². The van der Waals surface area contributed by atoms with E-state index in [-0.39, 0.29) is 24.0 Å². The van der Waals surface area contributed by atoms with Gasteiger partial charge < -0.3 is 15.0 Å². The number of benzene rings is 1. The fourth-order valence-electron chi connectivity index (χ4n) is 5.19. The molecule has 1 aromatic carbocycles. The largest absolute Gasteiger partial charge is 0.372 e. The quantitative estimate of drug-likeness (QED) is 0.477. The SMILES string of the molecule is CC1CN(C(=O)[C@H]2CCc3c(sc4ncnc(Nc5ccc6[nH]ncc6c5)c34)C2)CC(C)O1. The van der Waals surface area contributed by atoms with Crippen LogP contribution in [0.5, 0.6) is 0 Å². The fraction of sp³-hybridized carbons (Fsp3) is 0.417. The zero-order valence-electron chi connectivity index (χ0n) is 18.7. The topological polar surface area (TPSA) is 96.0 Å². The lowest BCUT2D eigenvalue weighted by Crippen LogP contribution is -2.50. The number of amides is 1. The lowest BCUT2D eigenvalue weighted by atomic mass is 9.86. The van der Waals surface area contributed by atoms with Crippen LogP contribution in [0, 0.1) is 5.92 Å². The number of fused-ring (bicyclic) bond motifs is 4. The number of aryl methyl sites for hydroxylation is 1. The smallest absolute Gasteiger partial charge is 0.226 e. The summed E-state index contributed by atoms with van der Waals surface area (Å²) in [6, 6.07) is 6.09. The van der Waals surface area contributed by atoms with Gasteiger partial charge in [0.1, 0.15) is 17.0 Å². The Labute approximate surface area is 195 Å². The first kappa shape index (κ1) is 20.6. The summed E-state index contributed by atoms with van der Waals surface area (Å²) in [6.07, 6.45) is 6.10. The van der Waals surface area contributed by atoms with Crippen molar-refractivity contribution in [1.29, 1.82) is 0 Å². The van der Waals surface area contributed by atoms with Gasteiger partial charge in [0.15, 0.2) is 0 Å². The number of carbonyl (C=O) groups is 1. The molecule has 0 bridgehead atoms. The molecule has 4 aromatic rings. The maximum Gasteiger partial charge on any atom is 0.226 e. The van der Waals surface area contributed by atoms with E-state index >= 15 is 0 Å². The minimum absolute atomic E-state index is 0.0240. The normalized spacial score (nSPS) is 23.1. The number of H-pyrrole nitrogens is 1. The van der Waals surface area contributed by atoms with Gasteiger partial charge in [-0.1, -0.05) is 0 Å². The Bertz CT molecular complexity index is 1340. The Balaban J connectivity index is 1.27. The van der Waals surface area contributed by atoms with Crippen LogP contribution in [0.1, 0.15) is 30.7 Å². The summed E-state index contributed by atoms with van der Waals surface area (Å²) < 4.78 is 5.81. The Kier molecular flexibility index (Phi) is 5.03. The Morgan fingerprint density at radius 3 is 2.94 bits per heavy atom. The molecule has 9 heteroatoms. The van der Waals surface area contributed by atoms with E-state index in [1.807, 2.05) is 37.1 Å². The summed E-state index contributed by atoms with van der Waals surface area (Å²) in [5.74, 6) is 1.11. The van der Waals surface area contributed by atoms with Gasteiger partial charge in [0.25, 0.3) is 0 Å². The highest BCUT2D eigenvalue weighted by atomic mass is 32.1. The van der Waals surface area contributed by atoms with Crippen molar-refractivity contribution >= 4 is 49.9 Å². The third-order valence-electron chi connectivity index (χ3n) is 6.63. The predicted molar refractivity (Wildman–Crippen MR) is 129 cm³/mol. The van der Waals surface area contributed by atoms with Crippen molar-refractivity contribution in [3.05, 3.63) is 41.2 Å². The predicted octanol–water partition coefficient (Wildman–Crippen LogP) is 4.05. The van der Waals surface area contributed by atoms with Gasteiger partial charge in [-0.05, 0) is 56.9 Å². The van der Waals surface area contributed by atoms with Crippen molar-refractivity contribution in [3.63, 3.8) is 0 Å². The molecule has 0 radical (unpaired) electrons. The van der Waals surface area contributed by atoms with Crippen LogP contribution in [0.4, 0.5) is 11.5 Å². The molecule has 6 rings (SSSR count). The van der Waals surface area contributed by atoms with Crippen LogP contribution in [0.15, 0.2) is 30.7 Å². The molecule has 3 atom stereocenters. The highest BCUT2D eigenvalue weighted by molar-refractivity contribution is 7.19. The molecular formula is C24H26N6O2S. The molecule has 2 N–H and O–H groups in total. The molecule has 2 aliphatic rings. The third kappa shape index (κ3) is 3.75. The molecule has 0 spiro atoms. The Hall–Kier alpha value is -3.04. The van der Waals surface area contributed by atoms with E-state index in [1.165, 1.54) is 10.4 Å². The molecule has 1 aliphatic carbocycles. The van der Waals surface area contributed by atoms with Crippen LogP contribution >= 0.6 is 11.3 Å². The van der Waals surface area contributed by atoms with Gasteiger partial charge in [-0.25, -0.2) is 9.97 Å². The fourth-order valence-corrected chi connectivity index (χ4v) is 6.46. The summed E-state index contributed by atoms with van der Waals surface area (Å²) >= 11 is 1.70. The van der Waals surface area contributed by atoms with Gasteiger partial charge in [0.05, 0.1) is 29.3 Å². The van der Waals surface area contributed by atoms with E-state index in [9.17, 15) is 4.79 Å². The highest BCUT2D eigenvalue weighted by Gasteiger charge is 2.34. The number of rotatable bonds is 3. The zero-order chi connectivity index (χ0) is 22.5. The number of aromatic amines is 1. The van der Waals surface area contributed by atoms with Gasteiger partial charge in [-0.15, -0.1) is 11.3 Å². The lowest BCUT2D eigenvalue weighted by Gasteiger charge is -2.37. The standard InChI is InChI=1S/C24H26N6O2S/c1-13-10-30(11-14(2)32-13)24(31)15-3-5-18-20(8-15)33-23-21(18)22(25-12-26-23)28-17-4-6-19-16(7-17)9-27-29-19/h4,6-7,9,12-15H,3,5,8,10-11H2,1-2H3,(H,27,29)(H,25,26,28)/t13?,14?,15-/m0/s1. The number of anilines is 2. The number of hydrogen-bond donors (Lipinski definition) is 2. The second-order valence-corrected chi connectivity index (χ2v) is 10.2. The third-order valence-corrected chi connectivity index (χ3v) is 7.79. The summed E-state index contributed by atoms with van der Waals surface area (Å²) in [7, 11) is 0. The molecule has 1 fully saturated rings. The van der Waals surface area contributed by atoms with Crippen LogP contribution in [0.25, 0.3) is 21.1 Å². The monoisotopic (exact) mass is 462 g/mol. The van der Waals surface area contributed by atoms with Crippen LogP contribution in [0.3, 0.4) is 0 Å². The number of aromatic nitrogens is 4. The molecule has 1 amide bonds. The number of nitrogens with one attached hydrogen (secondary N) is 2. The molecule has 170 valence electrons. The molecule has 1 saturated heterocycles. The highest BCUT2D eigenvalue weighted by Crippen LogP contribution is 2.41. The summed E-state index contributed by atoms with van der Waals surface area (Å²) in [5, 5.41) is 12.7. The molecule has 4 heterocycles. The molecule has 0 saturated carbocycles. The van der Waals surface area contributed by atoms with Gasteiger partial charge in [0.2, 0.25) is 5.91 Å². The van der Waals surface area contributed by atoms with Crippen molar-refractivity contribution in [1.82, 2.24) is 25.1 Å². The van der Waals surface area contributed by atoms with Crippen molar-refractivity contribution in [2.75, 3.05) is 18.4 Å². The van der Waals surface area contributed by atoms with Crippen LogP contribution in [0.2, 0.25) is 0 Å². The molecular weight excluding hydrogens is 436 g/mol. The number of thiophene rings is 1. The Morgan fingerprint density at radius 2 is 2.09 bits per heavy atom. The van der Waals surface area contributed by atoms with Crippen LogP contribution in [-0.4, -0.2) is 56.3 Å². The molecule has 3 aromatic heterocycles. The summed E-state index contributed by atoms with van der Waals surface area (Å²) in [4.78, 5) is 26.6. The average Bonchev–Trinajstić information content (AvgIpc) is 3.41. The molecule has 1 aliphatic heterocycles. The van der Waals surface area contributed by atoms with E-state index in [1.54, 1.807) is 17.7 Å². The first-order valence-corrected chi connectivity index (χ1v) is 12.3. The maximum absolute atomic E-state index is 13.3.